The molecule has 1 heterocycles. The number of nitrogens with zero attached hydrogens (tertiary/aromatic N) is 1. The molecule has 2 aliphatic rings. The summed E-state index contributed by atoms with van der Waals surface area (Å²) in [5.74, 6) is -0.433. The van der Waals surface area contributed by atoms with E-state index < -0.39 is 0 Å². The molecule has 7 nitrogen and oxygen atoms in total. The number of carbonyl (C=O) groups is 3. The molecule has 2 aromatic carbocycles. The molecule has 2 aromatic rings. The summed E-state index contributed by atoms with van der Waals surface area (Å²) in [5.41, 5.74) is 4.69. The second kappa shape index (κ2) is 9.04. The van der Waals surface area contributed by atoms with Crippen molar-refractivity contribution in [2.45, 2.75) is 19.3 Å². The molecular formula is C24H25N3O4. The molecule has 7 heteroatoms. The summed E-state index contributed by atoms with van der Waals surface area (Å²) in [6, 6.07) is 14.4. The van der Waals surface area contributed by atoms with Gasteiger partial charge in [-0.3, -0.25) is 19.8 Å². The number of methoxy groups -OCH3 is 1. The van der Waals surface area contributed by atoms with E-state index in [9.17, 15) is 14.4 Å². The highest BCUT2D eigenvalue weighted by Gasteiger charge is 2.42. The van der Waals surface area contributed by atoms with Gasteiger partial charge in [0, 0.05) is 12.1 Å². The predicted molar refractivity (Wildman–Crippen MR) is 116 cm³/mol. The molecule has 1 aliphatic heterocycles. The first kappa shape index (κ1) is 20.7. The molecule has 2 atom stereocenters. The van der Waals surface area contributed by atoms with Crippen molar-refractivity contribution in [3.05, 3.63) is 71.8 Å². The summed E-state index contributed by atoms with van der Waals surface area (Å²) < 4.78 is 5.15. The van der Waals surface area contributed by atoms with Gasteiger partial charge in [0.15, 0.2) is 0 Å². The van der Waals surface area contributed by atoms with E-state index >= 15 is 0 Å². The van der Waals surface area contributed by atoms with Crippen LogP contribution in [0.4, 0.5) is 5.69 Å². The van der Waals surface area contributed by atoms with Crippen LogP contribution in [0.5, 0.6) is 5.75 Å². The molecule has 0 bridgehead atoms. The Labute approximate surface area is 181 Å². The van der Waals surface area contributed by atoms with E-state index in [0.29, 0.717) is 37.1 Å². The fourth-order valence-electron chi connectivity index (χ4n) is 3.98. The lowest BCUT2D eigenvalue weighted by atomic mass is 9.80. The maximum Gasteiger partial charge on any atom is 0.251 e. The molecule has 0 spiro atoms. The van der Waals surface area contributed by atoms with Crippen molar-refractivity contribution in [2.75, 3.05) is 18.7 Å². The van der Waals surface area contributed by atoms with Crippen molar-refractivity contribution < 1.29 is 19.1 Å². The molecule has 0 saturated carbocycles. The monoisotopic (exact) mass is 419 g/mol. The molecule has 1 aliphatic carbocycles. The van der Waals surface area contributed by atoms with Crippen LogP contribution in [0.1, 0.15) is 28.8 Å². The van der Waals surface area contributed by atoms with E-state index in [1.807, 2.05) is 36.4 Å². The zero-order valence-electron chi connectivity index (χ0n) is 17.3. The van der Waals surface area contributed by atoms with Gasteiger partial charge in [-0.05, 0) is 55.2 Å². The Balaban J connectivity index is 1.40. The van der Waals surface area contributed by atoms with Crippen LogP contribution in [0.25, 0.3) is 0 Å². The van der Waals surface area contributed by atoms with E-state index in [-0.39, 0.29) is 29.6 Å². The van der Waals surface area contributed by atoms with Gasteiger partial charge in [-0.2, -0.15) is 0 Å². The first-order chi connectivity index (χ1) is 15.1. The molecule has 31 heavy (non-hydrogen) atoms. The fraction of sp³-hybridized carbons (Fsp3) is 0.292. The molecule has 1 saturated heterocycles. The molecule has 160 valence electrons. The van der Waals surface area contributed by atoms with Crippen LogP contribution in [0.2, 0.25) is 0 Å². The largest absolute Gasteiger partial charge is 0.497 e. The second-order valence-corrected chi connectivity index (χ2v) is 7.71. The normalized spacial score (nSPS) is 20.1. The Morgan fingerprint density at radius 2 is 1.84 bits per heavy atom. The minimum absolute atomic E-state index is 0.147. The van der Waals surface area contributed by atoms with E-state index in [1.165, 1.54) is 5.01 Å². The number of benzene rings is 2. The van der Waals surface area contributed by atoms with Crippen LogP contribution >= 0.6 is 0 Å². The number of nitrogens with one attached hydrogen (secondary N) is 2. The Bertz CT molecular complexity index is 1020. The topological polar surface area (TPSA) is 87.7 Å². The highest BCUT2D eigenvalue weighted by molar-refractivity contribution is 6.05. The molecule has 0 radical (unpaired) electrons. The third-order valence-electron chi connectivity index (χ3n) is 5.75. The lowest BCUT2D eigenvalue weighted by Crippen LogP contribution is -2.59. The molecular weight excluding hydrogens is 394 g/mol. The van der Waals surface area contributed by atoms with E-state index in [4.69, 9.17) is 4.74 Å². The number of fused-ring (bicyclic) bond motifs is 1. The number of amides is 3. The highest BCUT2D eigenvalue weighted by Crippen LogP contribution is 2.32. The molecule has 0 aromatic heterocycles. The number of rotatable bonds is 6. The smallest absolute Gasteiger partial charge is 0.251 e. The van der Waals surface area contributed by atoms with Crippen LogP contribution in [-0.2, 0) is 16.0 Å². The van der Waals surface area contributed by atoms with Gasteiger partial charge in [0.25, 0.3) is 5.91 Å². The minimum Gasteiger partial charge on any atom is -0.497 e. The van der Waals surface area contributed by atoms with Crippen molar-refractivity contribution in [1.29, 1.82) is 0 Å². The van der Waals surface area contributed by atoms with Crippen LogP contribution in [0.3, 0.4) is 0 Å². The number of ether oxygens (including phenoxy) is 1. The van der Waals surface area contributed by atoms with E-state index in [1.54, 1.807) is 31.4 Å². The Kier molecular flexibility index (Phi) is 6.02. The number of allylic oxidation sites excluding steroid dienone is 2. The van der Waals surface area contributed by atoms with Crippen molar-refractivity contribution in [1.82, 2.24) is 10.7 Å². The van der Waals surface area contributed by atoms with Crippen LogP contribution in [0.15, 0.2) is 60.7 Å². The summed E-state index contributed by atoms with van der Waals surface area (Å²) in [6.45, 7) is 0.477. The van der Waals surface area contributed by atoms with Gasteiger partial charge in [-0.15, -0.1) is 0 Å². The van der Waals surface area contributed by atoms with E-state index in [2.05, 4.69) is 10.7 Å². The molecule has 3 amide bonds. The highest BCUT2D eigenvalue weighted by atomic mass is 16.5. The SMILES string of the molecule is COc1ccc(CCNC(=O)c2cccc(N3NC(=O)[C@H]4CC=CC[C@@H]4C3=O)c2)cc1. The van der Waals surface area contributed by atoms with Crippen molar-refractivity contribution in [3.63, 3.8) is 0 Å². The van der Waals surface area contributed by atoms with Crippen molar-refractivity contribution in [3.8, 4) is 5.75 Å². The molecule has 0 unspecified atom stereocenters. The van der Waals surface area contributed by atoms with Gasteiger partial charge in [0.2, 0.25) is 11.8 Å². The quantitative estimate of drug-likeness (QED) is 0.705. The van der Waals surface area contributed by atoms with Gasteiger partial charge in [-0.1, -0.05) is 30.4 Å². The zero-order valence-corrected chi connectivity index (χ0v) is 17.3. The Morgan fingerprint density at radius 3 is 2.58 bits per heavy atom. The van der Waals surface area contributed by atoms with Crippen molar-refractivity contribution in [2.24, 2.45) is 11.8 Å². The average molecular weight is 419 g/mol. The number of hydrogen-bond donors (Lipinski definition) is 2. The summed E-state index contributed by atoms with van der Waals surface area (Å²) in [7, 11) is 1.62. The van der Waals surface area contributed by atoms with Crippen LogP contribution < -0.4 is 20.5 Å². The predicted octanol–water partition coefficient (Wildman–Crippen LogP) is 2.63. The Morgan fingerprint density at radius 1 is 1.10 bits per heavy atom. The van der Waals surface area contributed by atoms with Gasteiger partial charge >= 0.3 is 0 Å². The lowest BCUT2D eigenvalue weighted by molar-refractivity contribution is -0.139. The lowest BCUT2D eigenvalue weighted by Gasteiger charge is -2.38. The van der Waals surface area contributed by atoms with E-state index in [0.717, 1.165) is 11.3 Å². The number of carbonyl (C=O) groups excluding carboxylic acids is 3. The fourth-order valence-corrected chi connectivity index (χ4v) is 3.98. The Hall–Kier alpha value is -3.61. The van der Waals surface area contributed by atoms with Gasteiger partial charge in [0.1, 0.15) is 5.75 Å². The number of hydrazine groups is 1. The molecule has 1 fully saturated rings. The summed E-state index contributed by atoms with van der Waals surface area (Å²) >= 11 is 0. The molecule has 4 rings (SSSR count). The number of hydrogen-bond acceptors (Lipinski definition) is 4. The van der Waals surface area contributed by atoms with Gasteiger partial charge < -0.3 is 10.1 Å². The minimum atomic E-state index is -0.360. The maximum absolute atomic E-state index is 12.9. The average Bonchev–Trinajstić information content (AvgIpc) is 2.82. The standard InChI is InChI=1S/C24H25N3O4/c1-31-19-11-9-16(10-12-19)13-14-25-22(28)17-5-4-6-18(15-17)27-24(30)21-8-3-2-7-20(21)23(29)26-27/h2-6,9-12,15,20-21H,7-8,13-14H2,1H3,(H,25,28)(H,26,29)/t20-,21-/m0/s1. The summed E-state index contributed by atoms with van der Waals surface area (Å²) in [6.07, 6.45) is 5.71. The van der Waals surface area contributed by atoms with Gasteiger partial charge in [0.05, 0.1) is 24.6 Å². The summed E-state index contributed by atoms with van der Waals surface area (Å²) in [4.78, 5) is 38.0. The first-order valence-electron chi connectivity index (χ1n) is 10.4. The maximum atomic E-state index is 12.9. The third kappa shape index (κ3) is 4.45. The zero-order chi connectivity index (χ0) is 21.8. The molecule has 2 N–H and O–H groups in total. The van der Waals surface area contributed by atoms with Crippen molar-refractivity contribution >= 4 is 23.4 Å². The second-order valence-electron chi connectivity index (χ2n) is 7.71. The first-order valence-corrected chi connectivity index (χ1v) is 10.4. The van der Waals surface area contributed by atoms with Gasteiger partial charge in [-0.25, -0.2) is 5.01 Å². The number of anilines is 1. The van der Waals surface area contributed by atoms with Crippen LogP contribution in [-0.4, -0.2) is 31.4 Å². The third-order valence-corrected chi connectivity index (χ3v) is 5.75. The van der Waals surface area contributed by atoms with Crippen LogP contribution in [0, 0.1) is 11.8 Å². The summed E-state index contributed by atoms with van der Waals surface area (Å²) in [5, 5.41) is 4.18.